The average Bonchev–Trinajstić information content (AvgIpc) is 2.53. The largest absolute Gasteiger partial charge is 3.00 e. The Morgan fingerprint density at radius 1 is 0.435 bits per heavy atom. The van der Waals surface area contributed by atoms with Crippen LogP contribution in [0.3, 0.4) is 0 Å². The maximum Gasteiger partial charge on any atom is 3.00 e. The SMILES string of the molecule is Cc1ccc(N(c2ccc(C)cc2)c2ccc(C)cc2)cc1.[Sb+3]. The van der Waals surface area contributed by atoms with E-state index in [1.54, 1.807) is 0 Å². The number of rotatable bonds is 3. The second-order valence-electron chi connectivity index (χ2n) is 5.84. The van der Waals surface area contributed by atoms with Crippen LogP contribution < -0.4 is 4.90 Å². The molecule has 0 N–H and O–H groups in total. The summed E-state index contributed by atoms with van der Waals surface area (Å²) in [6.07, 6.45) is 0. The van der Waals surface area contributed by atoms with Crippen molar-refractivity contribution < 1.29 is 0 Å². The minimum Gasteiger partial charge on any atom is -0.311 e. The van der Waals surface area contributed by atoms with Gasteiger partial charge in [0.2, 0.25) is 0 Å². The molecule has 0 heterocycles. The Balaban J connectivity index is 0.00000192. The summed E-state index contributed by atoms with van der Waals surface area (Å²) in [6, 6.07) is 26.0. The summed E-state index contributed by atoms with van der Waals surface area (Å²) in [6.45, 7) is 6.35. The molecule has 112 valence electrons. The van der Waals surface area contributed by atoms with Gasteiger partial charge in [-0.05, 0) is 57.2 Å². The molecular weight excluding hydrogens is 388 g/mol. The summed E-state index contributed by atoms with van der Waals surface area (Å²) in [5.74, 6) is 0. The van der Waals surface area contributed by atoms with E-state index < -0.39 is 0 Å². The molecule has 0 spiro atoms. The average molecular weight is 409 g/mol. The molecule has 0 fully saturated rings. The monoisotopic (exact) mass is 408 g/mol. The van der Waals surface area contributed by atoms with Crippen LogP contribution in [0, 0.1) is 20.8 Å². The van der Waals surface area contributed by atoms with Crippen LogP contribution >= 0.6 is 0 Å². The number of hydrogen-bond acceptors (Lipinski definition) is 1. The molecule has 0 unspecified atom stereocenters. The van der Waals surface area contributed by atoms with Crippen LogP contribution in [0.2, 0.25) is 0 Å². The summed E-state index contributed by atoms with van der Waals surface area (Å²) < 4.78 is 0. The van der Waals surface area contributed by atoms with Crippen LogP contribution in [-0.4, -0.2) is 24.4 Å². The molecule has 0 aromatic heterocycles. The predicted octanol–water partition coefficient (Wildman–Crippen LogP) is 5.70. The van der Waals surface area contributed by atoms with Gasteiger partial charge >= 0.3 is 24.4 Å². The van der Waals surface area contributed by atoms with E-state index in [4.69, 9.17) is 0 Å². The first-order valence-corrected chi connectivity index (χ1v) is 7.63. The number of anilines is 3. The van der Waals surface area contributed by atoms with Crippen LogP contribution in [0.5, 0.6) is 0 Å². The first-order chi connectivity index (χ1) is 10.6. The minimum atomic E-state index is 0. The topological polar surface area (TPSA) is 3.24 Å². The van der Waals surface area contributed by atoms with E-state index in [1.807, 2.05) is 0 Å². The molecule has 0 amide bonds. The van der Waals surface area contributed by atoms with E-state index in [0.717, 1.165) is 0 Å². The maximum atomic E-state index is 2.29. The molecule has 2 heteroatoms. The van der Waals surface area contributed by atoms with Crippen molar-refractivity contribution in [3.63, 3.8) is 0 Å². The van der Waals surface area contributed by atoms with Gasteiger partial charge in [-0.25, -0.2) is 0 Å². The molecule has 1 nitrogen and oxygen atoms in total. The van der Waals surface area contributed by atoms with Crippen molar-refractivity contribution in [2.24, 2.45) is 0 Å². The number of benzene rings is 3. The number of aryl methyl sites for hydroxylation is 3. The first kappa shape index (κ1) is 17.6. The van der Waals surface area contributed by atoms with Gasteiger partial charge in [-0.1, -0.05) is 53.1 Å². The Kier molecular flexibility index (Phi) is 5.90. The zero-order valence-corrected chi connectivity index (χ0v) is 16.4. The first-order valence-electron chi connectivity index (χ1n) is 7.63. The summed E-state index contributed by atoms with van der Waals surface area (Å²) in [5, 5.41) is 0. The Labute approximate surface area is 156 Å². The summed E-state index contributed by atoms with van der Waals surface area (Å²) >= 11 is 0. The quantitative estimate of drug-likeness (QED) is 0.502. The van der Waals surface area contributed by atoms with Gasteiger partial charge in [-0.2, -0.15) is 0 Å². The molecule has 0 atom stereocenters. The van der Waals surface area contributed by atoms with Crippen molar-refractivity contribution in [2.75, 3.05) is 4.90 Å². The van der Waals surface area contributed by atoms with E-state index in [-0.39, 0.29) is 24.4 Å². The zero-order valence-electron chi connectivity index (χ0n) is 13.8. The van der Waals surface area contributed by atoms with Gasteiger partial charge in [0.05, 0.1) is 0 Å². The van der Waals surface area contributed by atoms with Crippen LogP contribution in [0.15, 0.2) is 72.8 Å². The fourth-order valence-corrected chi connectivity index (χ4v) is 2.53. The second-order valence-corrected chi connectivity index (χ2v) is 5.84. The van der Waals surface area contributed by atoms with Crippen molar-refractivity contribution in [2.45, 2.75) is 20.8 Å². The number of hydrogen-bond donors (Lipinski definition) is 0. The molecule has 2 radical (unpaired) electrons. The summed E-state index contributed by atoms with van der Waals surface area (Å²) in [5.41, 5.74) is 7.36. The Morgan fingerprint density at radius 2 is 0.652 bits per heavy atom. The van der Waals surface area contributed by atoms with E-state index in [0.29, 0.717) is 0 Å². The standard InChI is InChI=1S/C21H21N.Sb/c1-16-4-10-19(11-5-16)22(20-12-6-17(2)7-13-20)21-14-8-18(3)9-15-21;/h4-15H,1-3H3;/q;+3. The molecule has 0 aliphatic rings. The second kappa shape index (κ2) is 7.70. The van der Waals surface area contributed by atoms with Gasteiger partial charge in [-0.3, -0.25) is 0 Å². The van der Waals surface area contributed by atoms with Gasteiger partial charge < -0.3 is 4.90 Å². The molecule has 0 saturated heterocycles. The summed E-state index contributed by atoms with van der Waals surface area (Å²) in [4.78, 5) is 2.29. The molecule has 3 rings (SSSR count). The van der Waals surface area contributed by atoms with Crippen molar-refractivity contribution in [1.82, 2.24) is 0 Å². The van der Waals surface area contributed by atoms with E-state index in [2.05, 4.69) is 98.5 Å². The van der Waals surface area contributed by atoms with E-state index in [9.17, 15) is 0 Å². The Bertz CT molecular complexity index is 635. The third kappa shape index (κ3) is 4.18. The van der Waals surface area contributed by atoms with Crippen molar-refractivity contribution in [3.05, 3.63) is 89.5 Å². The van der Waals surface area contributed by atoms with Crippen molar-refractivity contribution in [3.8, 4) is 0 Å². The summed E-state index contributed by atoms with van der Waals surface area (Å²) in [7, 11) is 0. The molecule has 0 bridgehead atoms. The van der Waals surface area contributed by atoms with Gasteiger partial charge in [0.25, 0.3) is 0 Å². The normalized spacial score (nSPS) is 10.0. The third-order valence-corrected chi connectivity index (χ3v) is 3.88. The van der Waals surface area contributed by atoms with Crippen LogP contribution in [0.4, 0.5) is 17.1 Å². The fourth-order valence-electron chi connectivity index (χ4n) is 2.53. The molecule has 0 aliphatic heterocycles. The Hall–Kier alpha value is -1.72. The van der Waals surface area contributed by atoms with Crippen molar-refractivity contribution in [1.29, 1.82) is 0 Å². The fraction of sp³-hybridized carbons (Fsp3) is 0.143. The van der Waals surface area contributed by atoms with Gasteiger partial charge in [0, 0.05) is 17.1 Å². The Morgan fingerprint density at radius 3 is 0.870 bits per heavy atom. The molecule has 0 saturated carbocycles. The van der Waals surface area contributed by atoms with Crippen molar-refractivity contribution >= 4 is 41.5 Å². The minimum absolute atomic E-state index is 0. The zero-order chi connectivity index (χ0) is 15.5. The van der Waals surface area contributed by atoms with E-state index in [1.165, 1.54) is 33.8 Å². The number of nitrogens with zero attached hydrogens (tertiary/aromatic N) is 1. The smallest absolute Gasteiger partial charge is 0.311 e. The molecule has 3 aromatic carbocycles. The molecule has 23 heavy (non-hydrogen) atoms. The van der Waals surface area contributed by atoms with Gasteiger partial charge in [-0.15, -0.1) is 0 Å². The molecule has 3 aromatic rings. The van der Waals surface area contributed by atoms with Crippen LogP contribution in [0.25, 0.3) is 0 Å². The molecular formula is C21H21NSb+3. The molecule has 0 aliphatic carbocycles. The van der Waals surface area contributed by atoms with Gasteiger partial charge in [0.1, 0.15) is 0 Å². The predicted molar refractivity (Wildman–Crippen MR) is 101 cm³/mol. The third-order valence-electron chi connectivity index (χ3n) is 3.88. The van der Waals surface area contributed by atoms with Crippen LogP contribution in [0.1, 0.15) is 16.7 Å². The maximum absolute atomic E-state index is 2.29. The van der Waals surface area contributed by atoms with Crippen LogP contribution in [-0.2, 0) is 0 Å². The van der Waals surface area contributed by atoms with E-state index >= 15 is 0 Å². The van der Waals surface area contributed by atoms with Gasteiger partial charge in [0.15, 0.2) is 0 Å².